The van der Waals surface area contributed by atoms with Crippen molar-refractivity contribution in [1.29, 1.82) is 0 Å². The van der Waals surface area contributed by atoms with Gasteiger partial charge in [-0.05, 0) is 17.7 Å². The molecule has 5 heteroatoms. The summed E-state index contributed by atoms with van der Waals surface area (Å²) in [6.07, 6.45) is 5.43. The number of allylic oxidation sites excluding steroid dienone is 2. The van der Waals surface area contributed by atoms with E-state index < -0.39 is 0 Å². The number of thiocarbonyl (C=S) groups is 1. The Hall–Kier alpha value is -1.17. The van der Waals surface area contributed by atoms with Gasteiger partial charge in [0.05, 0.1) is 4.91 Å². The molecule has 1 aromatic rings. The first-order chi connectivity index (χ1) is 9.61. The average Bonchev–Trinajstić information content (AvgIpc) is 2.68. The van der Waals surface area contributed by atoms with Crippen molar-refractivity contribution in [3.8, 4) is 0 Å². The highest BCUT2D eigenvalue weighted by molar-refractivity contribution is 9.12. The largest absolute Gasteiger partial charge is 0.289 e. The van der Waals surface area contributed by atoms with Gasteiger partial charge in [0.2, 0.25) is 0 Å². The summed E-state index contributed by atoms with van der Waals surface area (Å²) in [4.78, 5) is 14.3. The van der Waals surface area contributed by atoms with Crippen LogP contribution in [0.15, 0.2) is 58.5 Å². The first-order valence-corrected chi connectivity index (χ1v) is 7.92. The average molecular weight is 366 g/mol. The third-order valence-corrected chi connectivity index (χ3v) is 4.39. The molecular formula is C15H12BrNOS2. The Labute approximate surface area is 136 Å². The Bertz CT molecular complexity index is 608. The van der Waals surface area contributed by atoms with E-state index in [2.05, 4.69) is 22.5 Å². The molecule has 0 saturated carbocycles. The quantitative estimate of drug-likeness (QED) is 0.449. The van der Waals surface area contributed by atoms with E-state index in [1.54, 1.807) is 17.1 Å². The molecule has 0 atom stereocenters. The lowest BCUT2D eigenvalue weighted by Gasteiger charge is -2.10. The van der Waals surface area contributed by atoms with Crippen LogP contribution < -0.4 is 0 Å². The summed E-state index contributed by atoms with van der Waals surface area (Å²) in [5.41, 5.74) is 1.07. The summed E-state index contributed by atoms with van der Waals surface area (Å²) in [6, 6.07) is 9.90. The minimum absolute atomic E-state index is 0.0710. The third-order valence-electron chi connectivity index (χ3n) is 2.56. The van der Waals surface area contributed by atoms with Crippen molar-refractivity contribution < 1.29 is 4.79 Å². The fourth-order valence-corrected chi connectivity index (χ4v) is 3.57. The van der Waals surface area contributed by atoms with Crippen LogP contribution in [-0.4, -0.2) is 21.7 Å². The number of halogens is 1. The molecule has 1 amide bonds. The number of thioether (sulfide) groups is 1. The third kappa shape index (κ3) is 3.69. The molecule has 1 saturated heterocycles. The van der Waals surface area contributed by atoms with Gasteiger partial charge in [-0.2, -0.15) is 0 Å². The molecule has 0 aromatic heterocycles. The van der Waals surface area contributed by atoms with Gasteiger partial charge in [0.1, 0.15) is 4.32 Å². The molecule has 0 bridgehead atoms. The summed E-state index contributed by atoms with van der Waals surface area (Å²) >= 11 is 9.97. The van der Waals surface area contributed by atoms with Crippen molar-refractivity contribution in [2.75, 3.05) is 6.54 Å². The predicted molar refractivity (Wildman–Crippen MR) is 93.5 cm³/mol. The molecule has 2 rings (SSSR count). The van der Waals surface area contributed by atoms with Crippen molar-refractivity contribution >= 4 is 56.2 Å². The standard InChI is InChI=1S/C15H12BrNOS2/c1-2-8-17-14(18)13(20-15(17)19)10-12(16)9-11-6-4-3-5-7-11/h2-7,9-10H,1,8H2/b12-9+,13-10-. The van der Waals surface area contributed by atoms with Crippen LogP contribution in [0.3, 0.4) is 0 Å². The number of amides is 1. The molecule has 1 aliphatic rings. The number of hydrogen-bond acceptors (Lipinski definition) is 3. The van der Waals surface area contributed by atoms with Crippen molar-refractivity contribution in [2.24, 2.45) is 0 Å². The first-order valence-electron chi connectivity index (χ1n) is 5.90. The summed E-state index contributed by atoms with van der Waals surface area (Å²) in [6.45, 7) is 4.08. The molecule has 0 N–H and O–H groups in total. The van der Waals surface area contributed by atoms with Crippen molar-refractivity contribution in [3.63, 3.8) is 0 Å². The number of nitrogens with zero attached hydrogens (tertiary/aromatic N) is 1. The highest BCUT2D eigenvalue weighted by Gasteiger charge is 2.30. The lowest BCUT2D eigenvalue weighted by Crippen LogP contribution is -2.27. The Morgan fingerprint density at radius 2 is 2.10 bits per heavy atom. The summed E-state index contributed by atoms with van der Waals surface area (Å²) in [7, 11) is 0. The van der Waals surface area contributed by atoms with Crippen LogP contribution in [-0.2, 0) is 4.79 Å². The lowest BCUT2D eigenvalue weighted by molar-refractivity contribution is -0.121. The molecule has 0 aliphatic carbocycles. The van der Waals surface area contributed by atoms with Gasteiger partial charge in [0.15, 0.2) is 0 Å². The number of hydrogen-bond donors (Lipinski definition) is 0. The predicted octanol–water partition coefficient (Wildman–Crippen LogP) is 4.35. The second-order valence-electron chi connectivity index (χ2n) is 4.02. The van der Waals surface area contributed by atoms with Crippen molar-refractivity contribution in [3.05, 3.63) is 64.0 Å². The van der Waals surface area contributed by atoms with E-state index in [1.165, 1.54) is 11.8 Å². The number of benzene rings is 1. The maximum absolute atomic E-state index is 12.1. The maximum Gasteiger partial charge on any atom is 0.266 e. The van der Waals surface area contributed by atoms with Crippen LogP contribution in [0.25, 0.3) is 6.08 Å². The van der Waals surface area contributed by atoms with Gasteiger partial charge in [-0.1, -0.05) is 76.3 Å². The van der Waals surface area contributed by atoms with Gasteiger partial charge in [-0.3, -0.25) is 9.69 Å². The van der Waals surface area contributed by atoms with Gasteiger partial charge in [-0.25, -0.2) is 0 Å². The highest BCUT2D eigenvalue weighted by atomic mass is 79.9. The molecule has 1 heterocycles. The fraction of sp³-hybridized carbons (Fsp3) is 0.0667. The van der Waals surface area contributed by atoms with Crippen LogP contribution in [0.4, 0.5) is 0 Å². The molecule has 20 heavy (non-hydrogen) atoms. The monoisotopic (exact) mass is 365 g/mol. The fourth-order valence-electron chi connectivity index (χ4n) is 1.66. The zero-order chi connectivity index (χ0) is 14.5. The minimum atomic E-state index is -0.0710. The molecular weight excluding hydrogens is 354 g/mol. The molecule has 0 unspecified atom stereocenters. The van der Waals surface area contributed by atoms with Gasteiger partial charge < -0.3 is 0 Å². The molecule has 1 aromatic carbocycles. The maximum atomic E-state index is 12.1. The zero-order valence-electron chi connectivity index (χ0n) is 10.6. The smallest absolute Gasteiger partial charge is 0.266 e. The topological polar surface area (TPSA) is 20.3 Å². The van der Waals surface area contributed by atoms with Crippen LogP contribution >= 0.6 is 39.9 Å². The van der Waals surface area contributed by atoms with Crippen LogP contribution in [0.2, 0.25) is 0 Å². The van der Waals surface area contributed by atoms with Crippen molar-refractivity contribution in [2.45, 2.75) is 0 Å². The van der Waals surface area contributed by atoms with E-state index in [1.807, 2.05) is 36.4 Å². The first kappa shape index (κ1) is 15.2. The normalized spacial score (nSPS) is 17.9. The minimum Gasteiger partial charge on any atom is -0.289 e. The second kappa shape index (κ2) is 7.02. The Kier molecular flexibility index (Phi) is 5.34. The van der Waals surface area contributed by atoms with Crippen molar-refractivity contribution in [1.82, 2.24) is 4.90 Å². The van der Waals surface area contributed by atoms with Gasteiger partial charge in [0, 0.05) is 11.0 Å². The van der Waals surface area contributed by atoms with Crippen LogP contribution in [0, 0.1) is 0 Å². The summed E-state index contributed by atoms with van der Waals surface area (Å²) in [5.74, 6) is -0.0710. The van der Waals surface area contributed by atoms with E-state index in [0.29, 0.717) is 15.8 Å². The van der Waals surface area contributed by atoms with E-state index >= 15 is 0 Å². The highest BCUT2D eigenvalue weighted by Crippen LogP contribution is 2.32. The lowest BCUT2D eigenvalue weighted by atomic mass is 10.2. The Balaban J connectivity index is 2.19. The van der Waals surface area contributed by atoms with Gasteiger partial charge >= 0.3 is 0 Å². The van der Waals surface area contributed by atoms with Crippen LogP contribution in [0.1, 0.15) is 5.56 Å². The molecule has 2 nitrogen and oxygen atoms in total. The summed E-state index contributed by atoms with van der Waals surface area (Å²) in [5, 5.41) is 0. The number of carbonyl (C=O) groups excluding carboxylic acids is 1. The second-order valence-corrected chi connectivity index (χ2v) is 6.61. The van der Waals surface area contributed by atoms with E-state index in [9.17, 15) is 4.79 Å². The van der Waals surface area contributed by atoms with E-state index in [0.717, 1.165) is 10.0 Å². The SMILES string of the molecule is C=CCN1C(=O)/C(=C/C(Br)=C\c2ccccc2)SC1=S. The summed E-state index contributed by atoms with van der Waals surface area (Å²) < 4.78 is 1.41. The van der Waals surface area contributed by atoms with Crippen LogP contribution in [0.5, 0.6) is 0 Å². The zero-order valence-corrected chi connectivity index (χ0v) is 13.8. The van der Waals surface area contributed by atoms with E-state index in [-0.39, 0.29) is 5.91 Å². The molecule has 102 valence electrons. The molecule has 1 aliphatic heterocycles. The Morgan fingerprint density at radius 1 is 1.40 bits per heavy atom. The Morgan fingerprint density at radius 3 is 2.75 bits per heavy atom. The number of carbonyl (C=O) groups is 1. The molecule has 1 fully saturated rings. The van der Waals surface area contributed by atoms with E-state index in [4.69, 9.17) is 12.2 Å². The molecule has 0 radical (unpaired) electrons. The van der Waals surface area contributed by atoms with Gasteiger partial charge in [0.25, 0.3) is 5.91 Å². The van der Waals surface area contributed by atoms with Gasteiger partial charge in [-0.15, -0.1) is 6.58 Å². The molecule has 0 spiro atoms. The number of rotatable bonds is 4.